The molecule has 0 N–H and O–H groups in total. The van der Waals surface area contributed by atoms with Gasteiger partial charge in [0.2, 0.25) is 5.90 Å². The Hall–Kier alpha value is -2.09. The number of aryl methyl sites for hydroxylation is 1. The summed E-state index contributed by atoms with van der Waals surface area (Å²) in [6.45, 7) is 6.09. The Balaban J connectivity index is 2.36. The summed E-state index contributed by atoms with van der Waals surface area (Å²) in [7, 11) is 0. The minimum absolute atomic E-state index is 0.101. The molecule has 0 aliphatic rings. The van der Waals surface area contributed by atoms with Crippen LogP contribution in [0.5, 0.6) is 0 Å². The topological polar surface area (TPSA) is 21.6 Å². The second-order valence-corrected chi connectivity index (χ2v) is 4.79. The molecule has 2 nitrogen and oxygen atoms in total. The normalized spacial score (nSPS) is 11.7. The van der Waals surface area contributed by atoms with E-state index < -0.39 is 0 Å². The summed E-state index contributed by atoms with van der Waals surface area (Å²) in [5.74, 6) is 0.668. The molecular weight excluding hydrogens is 234 g/mol. The summed E-state index contributed by atoms with van der Waals surface area (Å²) in [6, 6.07) is 18.1. The van der Waals surface area contributed by atoms with E-state index in [1.165, 1.54) is 5.56 Å². The highest BCUT2D eigenvalue weighted by molar-refractivity contribution is 5.95. The zero-order valence-corrected chi connectivity index (χ0v) is 11.6. The third-order valence-electron chi connectivity index (χ3n) is 2.63. The highest BCUT2D eigenvalue weighted by Crippen LogP contribution is 2.15. The average Bonchev–Trinajstić information content (AvgIpc) is 2.39. The van der Waals surface area contributed by atoms with Gasteiger partial charge in [0, 0.05) is 5.56 Å². The molecule has 0 saturated carbocycles. The van der Waals surface area contributed by atoms with E-state index in [1.807, 2.05) is 56.3 Å². The molecule has 0 atom stereocenters. The molecule has 0 heterocycles. The summed E-state index contributed by atoms with van der Waals surface area (Å²) < 4.78 is 5.83. The van der Waals surface area contributed by atoms with E-state index in [2.05, 4.69) is 24.0 Å². The van der Waals surface area contributed by atoms with Crippen molar-refractivity contribution in [3.63, 3.8) is 0 Å². The SMILES string of the molecule is Cc1ccc(C(=Nc2ccccc2)OC(C)C)cc1. The molecule has 0 unspecified atom stereocenters. The fourth-order valence-electron chi connectivity index (χ4n) is 1.70. The first-order chi connectivity index (χ1) is 9.15. The molecule has 0 fully saturated rings. The van der Waals surface area contributed by atoms with Crippen molar-refractivity contribution in [3.8, 4) is 0 Å². The number of rotatable bonds is 3. The molecule has 2 aromatic rings. The van der Waals surface area contributed by atoms with Gasteiger partial charge in [0.25, 0.3) is 0 Å². The number of hydrogen-bond donors (Lipinski definition) is 0. The van der Waals surface area contributed by atoms with Crippen molar-refractivity contribution in [1.29, 1.82) is 0 Å². The van der Waals surface area contributed by atoms with Gasteiger partial charge in [0.05, 0.1) is 11.8 Å². The lowest BCUT2D eigenvalue weighted by molar-refractivity contribution is 0.230. The maximum atomic E-state index is 5.83. The Bertz CT molecular complexity index is 541. The Morgan fingerprint density at radius 2 is 1.58 bits per heavy atom. The molecule has 0 saturated heterocycles. The van der Waals surface area contributed by atoms with Crippen molar-refractivity contribution in [3.05, 3.63) is 65.7 Å². The molecule has 0 bridgehead atoms. The molecule has 0 spiro atoms. The van der Waals surface area contributed by atoms with Crippen molar-refractivity contribution < 1.29 is 4.74 Å². The number of para-hydroxylation sites is 1. The second kappa shape index (κ2) is 6.19. The number of benzene rings is 2. The van der Waals surface area contributed by atoms with E-state index in [4.69, 9.17) is 4.74 Å². The predicted molar refractivity (Wildman–Crippen MR) is 80.0 cm³/mol. The van der Waals surface area contributed by atoms with Gasteiger partial charge in [-0.25, -0.2) is 4.99 Å². The molecule has 2 rings (SSSR count). The first-order valence-electron chi connectivity index (χ1n) is 6.52. The van der Waals surface area contributed by atoms with Gasteiger partial charge in [-0.2, -0.15) is 0 Å². The first kappa shape index (κ1) is 13.3. The summed E-state index contributed by atoms with van der Waals surface area (Å²) in [5.41, 5.74) is 3.13. The molecular formula is C17H19NO. The van der Waals surface area contributed by atoms with Gasteiger partial charge in [-0.15, -0.1) is 0 Å². The Labute approximate surface area is 114 Å². The second-order valence-electron chi connectivity index (χ2n) is 4.79. The Morgan fingerprint density at radius 1 is 0.947 bits per heavy atom. The standard InChI is InChI=1S/C17H19NO/c1-13(2)19-17(15-11-9-14(3)10-12-15)18-16-7-5-4-6-8-16/h4-13H,1-3H3. The van der Waals surface area contributed by atoms with Crippen molar-refractivity contribution in [2.75, 3.05) is 0 Å². The molecule has 0 aliphatic heterocycles. The summed E-state index contributed by atoms with van der Waals surface area (Å²) in [6.07, 6.45) is 0.101. The van der Waals surface area contributed by atoms with Gasteiger partial charge in [0.1, 0.15) is 0 Å². The smallest absolute Gasteiger partial charge is 0.221 e. The van der Waals surface area contributed by atoms with Crippen molar-refractivity contribution >= 4 is 11.6 Å². The highest BCUT2D eigenvalue weighted by Gasteiger charge is 2.07. The van der Waals surface area contributed by atoms with Crippen molar-refractivity contribution in [1.82, 2.24) is 0 Å². The van der Waals surface area contributed by atoms with E-state index in [0.717, 1.165) is 11.3 Å². The zero-order valence-electron chi connectivity index (χ0n) is 11.6. The van der Waals surface area contributed by atoms with E-state index >= 15 is 0 Å². The molecule has 98 valence electrons. The average molecular weight is 253 g/mol. The summed E-state index contributed by atoms with van der Waals surface area (Å²) >= 11 is 0. The molecule has 0 amide bonds. The minimum atomic E-state index is 0.101. The monoisotopic (exact) mass is 253 g/mol. The fourth-order valence-corrected chi connectivity index (χ4v) is 1.70. The van der Waals surface area contributed by atoms with E-state index in [-0.39, 0.29) is 6.10 Å². The van der Waals surface area contributed by atoms with Gasteiger partial charge < -0.3 is 4.74 Å². The molecule has 0 aromatic heterocycles. The van der Waals surface area contributed by atoms with E-state index in [9.17, 15) is 0 Å². The van der Waals surface area contributed by atoms with Crippen LogP contribution in [0.2, 0.25) is 0 Å². The van der Waals surface area contributed by atoms with Crippen LogP contribution in [0.3, 0.4) is 0 Å². The lowest BCUT2D eigenvalue weighted by Gasteiger charge is -2.13. The van der Waals surface area contributed by atoms with E-state index in [1.54, 1.807) is 0 Å². The van der Waals surface area contributed by atoms with Crippen LogP contribution in [0.15, 0.2) is 59.6 Å². The van der Waals surface area contributed by atoms with Crippen LogP contribution < -0.4 is 0 Å². The van der Waals surface area contributed by atoms with Gasteiger partial charge >= 0.3 is 0 Å². The third-order valence-corrected chi connectivity index (χ3v) is 2.63. The summed E-state index contributed by atoms with van der Waals surface area (Å²) in [5, 5.41) is 0. The van der Waals surface area contributed by atoms with Crippen LogP contribution in [0, 0.1) is 6.92 Å². The van der Waals surface area contributed by atoms with Crippen LogP contribution in [0.25, 0.3) is 0 Å². The van der Waals surface area contributed by atoms with E-state index in [0.29, 0.717) is 5.90 Å². The maximum Gasteiger partial charge on any atom is 0.221 e. The first-order valence-corrected chi connectivity index (χ1v) is 6.52. The predicted octanol–water partition coefficient (Wildman–Crippen LogP) is 4.50. The molecule has 0 radical (unpaired) electrons. The van der Waals surface area contributed by atoms with Gasteiger partial charge in [0.15, 0.2) is 0 Å². The Morgan fingerprint density at radius 3 is 2.16 bits per heavy atom. The molecule has 2 aromatic carbocycles. The fraction of sp³-hybridized carbons (Fsp3) is 0.235. The van der Waals surface area contributed by atoms with Crippen LogP contribution in [-0.2, 0) is 4.74 Å². The molecule has 19 heavy (non-hydrogen) atoms. The number of hydrogen-bond acceptors (Lipinski definition) is 2. The van der Waals surface area contributed by atoms with Gasteiger partial charge in [-0.3, -0.25) is 0 Å². The molecule has 2 heteroatoms. The Kier molecular flexibility index (Phi) is 4.35. The van der Waals surface area contributed by atoms with Crippen LogP contribution in [0.1, 0.15) is 25.0 Å². The van der Waals surface area contributed by atoms with Crippen molar-refractivity contribution in [2.45, 2.75) is 26.9 Å². The highest BCUT2D eigenvalue weighted by atomic mass is 16.5. The minimum Gasteiger partial charge on any atom is -0.475 e. The number of nitrogens with zero attached hydrogens (tertiary/aromatic N) is 1. The largest absolute Gasteiger partial charge is 0.475 e. The van der Waals surface area contributed by atoms with Crippen LogP contribution in [-0.4, -0.2) is 12.0 Å². The number of ether oxygens (including phenoxy) is 1. The van der Waals surface area contributed by atoms with Crippen molar-refractivity contribution in [2.24, 2.45) is 4.99 Å². The molecule has 0 aliphatic carbocycles. The summed E-state index contributed by atoms with van der Waals surface area (Å²) in [4.78, 5) is 4.59. The zero-order chi connectivity index (χ0) is 13.7. The lowest BCUT2D eigenvalue weighted by atomic mass is 10.1. The van der Waals surface area contributed by atoms with Crippen LogP contribution in [0.4, 0.5) is 5.69 Å². The maximum absolute atomic E-state index is 5.83. The quantitative estimate of drug-likeness (QED) is 0.583. The third kappa shape index (κ3) is 3.95. The lowest BCUT2D eigenvalue weighted by Crippen LogP contribution is -2.12. The number of aliphatic imine (C=N–C) groups is 1. The van der Waals surface area contributed by atoms with Gasteiger partial charge in [-0.1, -0.05) is 35.9 Å². The van der Waals surface area contributed by atoms with Crippen LogP contribution >= 0.6 is 0 Å². The van der Waals surface area contributed by atoms with Gasteiger partial charge in [-0.05, 0) is 45.0 Å².